The fourth-order valence-corrected chi connectivity index (χ4v) is 2.38. The molecule has 2 aromatic carbocycles. The Kier molecular flexibility index (Phi) is 6.39. The third-order valence-corrected chi connectivity index (χ3v) is 4.02. The molecule has 2 rings (SSSR count). The van der Waals surface area contributed by atoms with Crippen molar-refractivity contribution in [3.63, 3.8) is 0 Å². The highest BCUT2D eigenvalue weighted by Gasteiger charge is 2.17. The molecule has 0 fully saturated rings. The first-order valence-electron chi connectivity index (χ1n) is 8.72. The van der Waals surface area contributed by atoms with E-state index in [1.807, 2.05) is 45.9 Å². The number of benzene rings is 2. The number of hydrogen-bond donors (Lipinski definition) is 2. The Labute approximate surface area is 154 Å². The zero-order valence-electron chi connectivity index (χ0n) is 15.9. The summed E-state index contributed by atoms with van der Waals surface area (Å²) < 4.78 is 5.84. The summed E-state index contributed by atoms with van der Waals surface area (Å²) >= 11 is 0. The molecular weight excluding hydrogens is 328 g/mol. The van der Waals surface area contributed by atoms with Crippen LogP contribution in [0.2, 0.25) is 0 Å². The molecule has 0 saturated heterocycles. The zero-order valence-corrected chi connectivity index (χ0v) is 15.9. The van der Waals surface area contributed by atoms with Crippen molar-refractivity contribution in [2.75, 3.05) is 10.6 Å². The Balaban J connectivity index is 1.97. The highest BCUT2D eigenvalue weighted by Crippen LogP contribution is 2.24. The van der Waals surface area contributed by atoms with Gasteiger partial charge in [-0.3, -0.25) is 9.59 Å². The van der Waals surface area contributed by atoms with Crippen molar-refractivity contribution in [3.8, 4) is 5.75 Å². The molecule has 5 heteroatoms. The molecule has 0 aliphatic carbocycles. The van der Waals surface area contributed by atoms with Gasteiger partial charge in [0.2, 0.25) is 5.91 Å². The van der Waals surface area contributed by atoms with Crippen LogP contribution in [0.15, 0.2) is 42.5 Å². The highest BCUT2D eigenvalue weighted by molar-refractivity contribution is 5.95. The van der Waals surface area contributed by atoms with Gasteiger partial charge in [0.25, 0.3) is 5.91 Å². The van der Waals surface area contributed by atoms with Gasteiger partial charge in [-0.1, -0.05) is 32.0 Å². The molecule has 0 radical (unpaired) electrons. The van der Waals surface area contributed by atoms with Crippen molar-refractivity contribution in [1.29, 1.82) is 0 Å². The number of carbonyl (C=O) groups is 2. The minimum absolute atomic E-state index is 0.0441. The molecule has 0 bridgehead atoms. The van der Waals surface area contributed by atoms with E-state index in [0.717, 1.165) is 16.9 Å². The molecule has 0 aromatic heterocycles. The largest absolute Gasteiger partial charge is 0.480 e. The van der Waals surface area contributed by atoms with Crippen LogP contribution in [-0.2, 0) is 9.59 Å². The normalized spacial score (nSPS) is 11.8. The van der Waals surface area contributed by atoms with Gasteiger partial charge in [0.15, 0.2) is 6.10 Å². The molecule has 0 heterocycles. The fourth-order valence-electron chi connectivity index (χ4n) is 2.38. The number of carbonyl (C=O) groups excluding carboxylic acids is 2. The van der Waals surface area contributed by atoms with Gasteiger partial charge in [-0.15, -0.1) is 0 Å². The molecule has 2 aromatic rings. The van der Waals surface area contributed by atoms with Gasteiger partial charge in [0, 0.05) is 17.3 Å². The minimum Gasteiger partial charge on any atom is -0.480 e. The van der Waals surface area contributed by atoms with Gasteiger partial charge in [-0.25, -0.2) is 0 Å². The SMILES string of the molecule is Cc1cccc(C)c1OC(C)C(=O)Nc1ccc(NC(=O)C(C)C)cc1. The Morgan fingerprint density at radius 2 is 1.27 bits per heavy atom. The summed E-state index contributed by atoms with van der Waals surface area (Å²) in [4.78, 5) is 24.1. The van der Waals surface area contributed by atoms with Crippen LogP contribution in [0.5, 0.6) is 5.75 Å². The third kappa shape index (κ3) is 5.09. The number of aryl methyl sites for hydroxylation is 2. The summed E-state index contributed by atoms with van der Waals surface area (Å²) in [5.41, 5.74) is 3.33. The second-order valence-corrected chi connectivity index (χ2v) is 6.69. The summed E-state index contributed by atoms with van der Waals surface area (Å²) in [6, 6.07) is 12.9. The predicted octanol–water partition coefficient (Wildman–Crippen LogP) is 4.30. The van der Waals surface area contributed by atoms with Crippen molar-refractivity contribution >= 4 is 23.2 Å². The van der Waals surface area contributed by atoms with E-state index in [4.69, 9.17) is 4.74 Å². The third-order valence-electron chi connectivity index (χ3n) is 4.02. The summed E-state index contributed by atoms with van der Waals surface area (Å²) in [5, 5.41) is 5.64. The molecule has 26 heavy (non-hydrogen) atoms. The molecule has 1 atom stereocenters. The van der Waals surface area contributed by atoms with Crippen molar-refractivity contribution < 1.29 is 14.3 Å². The lowest BCUT2D eigenvalue weighted by Gasteiger charge is -2.18. The van der Waals surface area contributed by atoms with Crippen LogP contribution in [0.3, 0.4) is 0 Å². The average Bonchev–Trinajstić information content (AvgIpc) is 2.59. The van der Waals surface area contributed by atoms with Gasteiger partial charge in [0.1, 0.15) is 5.75 Å². The topological polar surface area (TPSA) is 67.4 Å². The second-order valence-electron chi connectivity index (χ2n) is 6.69. The Bertz CT molecular complexity index is 762. The lowest BCUT2D eigenvalue weighted by molar-refractivity contribution is -0.122. The standard InChI is InChI=1S/C21H26N2O3/c1-13(2)20(24)22-17-9-11-18(12-10-17)23-21(25)16(5)26-19-14(3)7-6-8-15(19)4/h6-13,16H,1-5H3,(H,22,24)(H,23,25). The van der Waals surface area contributed by atoms with Crippen LogP contribution in [0.4, 0.5) is 11.4 Å². The maximum Gasteiger partial charge on any atom is 0.265 e. The summed E-state index contributed by atoms with van der Waals surface area (Å²) in [5.74, 6) is 0.378. The molecule has 5 nitrogen and oxygen atoms in total. The lowest BCUT2D eigenvalue weighted by atomic mass is 10.1. The first-order chi connectivity index (χ1) is 12.3. The van der Waals surface area contributed by atoms with Crippen LogP contribution < -0.4 is 15.4 Å². The Morgan fingerprint density at radius 3 is 1.73 bits per heavy atom. The van der Waals surface area contributed by atoms with E-state index < -0.39 is 6.10 Å². The van der Waals surface area contributed by atoms with Gasteiger partial charge in [0.05, 0.1) is 0 Å². The molecule has 2 N–H and O–H groups in total. The summed E-state index contributed by atoms with van der Waals surface area (Å²) in [7, 11) is 0. The van der Waals surface area contributed by atoms with Crippen LogP contribution in [-0.4, -0.2) is 17.9 Å². The maximum atomic E-state index is 12.4. The number of rotatable bonds is 6. The highest BCUT2D eigenvalue weighted by atomic mass is 16.5. The number of hydrogen-bond acceptors (Lipinski definition) is 3. The quantitative estimate of drug-likeness (QED) is 0.812. The van der Waals surface area contributed by atoms with E-state index >= 15 is 0 Å². The van der Waals surface area contributed by atoms with Crippen molar-refractivity contribution in [2.24, 2.45) is 5.92 Å². The first kappa shape index (κ1) is 19.5. The number of ether oxygens (including phenoxy) is 1. The van der Waals surface area contributed by atoms with Gasteiger partial charge >= 0.3 is 0 Å². The second kappa shape index (κ2) is 8.52. The van der Waals surface area contributed by atoms with E-state index in [1.165, 1.54) is 0 Å². The van der Waals surface area contributed by atoms with Gasteiger partial charge in [-0.2, -0.15) is 0 Å². The predicted molar refractivity (Wildman–Crippen MR) is 105 cm³/mol. The van der Waals surface area contributed by atoms with E-state index in [1.54, 1.807) is 31.2 Å². The van der Waals surface area contributed by atoms with Crippen LogP contribution in [0.25, 0.3) is 0 Å². The summed E-state index contributed by atoms with van der Waals surface area (Å²) in [6.07, 6.45) is -0.630. The number of amides is 2. The van der Waals surface area contributed by atoms with Crippen molar-refractivity contribution in [3.05, 3.63) is 53.6 Å². The average molecular weight is 354 g/mol. The Hall–Kier alpha value is -2.82. The smallest absolute Gasteiger partial charge is 0.265 e. The molecule has 0 saturated carbocycles. The molecule has 1 unspecified atom stereocenters. The zero-order chi connectivity index (χ0) is 19.3. The van der Waals surface area contributed by atoms with Gasteiger partial charge in [-0.05, 0) is 56.2 Å². The van der Waals surface area contributed by atoms with Crippen LogP contribution in [0, 0.1) is 19.8 Å². The number of anilines is 2. The summed E-state index contributed by atoms with van der Waals surface area (Å²) in [6.45, 7) is 9.30. The van der Waals surface area contributed by atoms with Crippen LogP contribution in [0.1, 0.15) is 31.9 Å². The molecule has 2 amide bonds. The van der Waals surface area contributed by atoms with Crippen molar-refractivity contribution in [2.45, 2.75) is 40.7 Å². The molecule has 138 valence electrons. The monoisotopic (exact) mass is 354 g/mol. The molecule has 0 aliphatic heterocycles. The first-order valence-corrected chi connectivity index (χ1v) is 8.72. The Morgan fingerprint density at radius 1 is 0.808 bits per heavy atom. The number of para-hydroxylation sites is 1. The van der Waals surface area contributed by atoms with E-state index in [0.29, 0.717) is 11.4 Å². The molecule has 0 spiro atoms. The van der Waals surface area contributed by atoms with E-state index in [9.17, 15) is 9.59 Å². The maximum absolute atomic E-state index is 12.4. The van der Waals surface area contributed by atoms with Gasteiger partial charge < -0.3 is 15.4 Å². The van der Waals surface area contributed by atoms with E-state index in [2.05, 4.69) is 10.6 Å². The van der Waals surface area contributed by atoms with E-state index in [-0.39, 0.29) is 17.7 Å². The van der Waals surface area contributed by atoms with Crippen molar-refractivity contribution in [1.82, 2.24) is 0 Å². The molecular formula is C21H26N2O3. The molecule has 0 aliphatic rings. The minimum atomic E-state index is -0.630. The fraction of sp³-hybridized carbons (Fsp3) is 0.333. The number of nitrogens with one attached hydrogen (secondary N) is 2. The van der Waals surface area contributed by atoms with Crippen LogP contribution >= 0.6 is 0 Å². The lowest BCUT2D eigenvalue weighted by Crippen LogP contribution is -2.30.